The van der Waals surface area contributed by atoms with Crippen LogP contribution in [0.25, 0.3) is 0 Å². The SMILES string of the molecule is CS(=O)(=O)c1cc(S(C)(=O)=O)c(S(=O)(=O)NC(CNC(=O)COC2CC(CNc3ccccn3)N(C(=O)OCc3ccc(Cl)cc3)C2)C(=O)O)c(S(C)(=O)=O)c1. The Morgan fingerprint density at radius 1 is 0.929 bits per heavy atom. The number of carboxylic acids is 1. The van der Waals surface area contributed by atoms with E-state index in [-0.39, 0.29) is 26.1 Å². The third kappa shape index (κ3) is 12.1. The molecule has 2 aromatic carbocycles. The van der Waals surface area contributed by atoms with E-state index >= 15 is 0 Å². The van der Waals surface area contributed by atoms with Crippen molar-refractivity contribution in [3.05, 3.63) is 71.4 Å². The second-order valence-electron chi connectivity index (χ2n) is 12.6. The van der Waals surface area contributed by atoms with Gasteiger partial charge in [-0.15, -0.1) is 0 Å². The zero-order valence-electron chi connectivity index (χ0n) is 29.9. The number of hydrogen-bond acceptors (Lipinski definition) is 15. The Kier molecular flexibility index (Phi) is 14.1. The average Bonchev–Trinajstić information content (AvgIpc) is 3.53. The molecule has 24 heteroatoms. The van der Waals surface area contributed by atoms with Crippen molar-refractivity contribution in [3.63, 3.8) is 0 Å². The molecule has 4 N–H and O–H groups in total. The van der Waals surface area contributed by atoms with Gasteiger partial charge in [-0.3, -0.25) is 9.59 Å². The van der Waals surface area contributed by atoms with E-state index in [9.17, 15) is 53.2 Å². The largest absolute Gasteiger partial charge is 0.480 e. The monoisotopic (exact) mass is 879 g/mol. The fraction of sp³-hybridized carbons (Fsp3) is 0.375. The van der Waals surface area contributed by atoms with Gasteiger partial charge in [0.25, 0.3) is 0 Å². The molecule has 1 aliphatic rings. The fourth-order valence-corrected chi connectivity index (χ4v) is 10.8. The van der Waals surface area contributed by atoms with Gasteiger partial charge in [-0.25, -0.2) is 43.4 Å². The van der Waals surface area contributed by atoms with Crippen LogP contribution in [0, 0.1) is 0 Å². The van der Waals surface area contributed by atoms with Gasteiger partial charge in [0.2, 0.25) is 15.9 Å². The van der Waals surface area contributed by atoms with Crippen LogP contribution in [-0.2, 0) is 65.2 Å². The summed E-state index contributed by atoms with van der Waals surface area (Å²) in [5, 5.41) is 15.6. The molecule has 1 saturated heterocycles. The number of sulfone groups is 3. The topological polar surface area (TPSA) is 279 Å². The molecule has 1 aliphatic heterocycles. The van der Waals surface area contributed by atoms with Crippen LogP contribution in [0.3, 0.4) is 0 Å². The summed E-state index contributed by atoms with van der Waals surface area (Å²) in [4.78, 5) is 39.0. The number of halogens is 1. The quantitative estimate of drug-likeness (QED) is 0.145. The van der Waals surface area contributed by atoms with Crippen molar-refractivity contribution >= 4 is 74.9 Å². The van der Waals surface area contributed by atoms with Crippen molar-refractivity contribution in [2.24, 2.45) is 0 Å². The lowest BCUT2D eigenvalue weighted by Crippen LogP contribution is -2.49. The van der Waals surface area contributed by atoms with Crippen molar-refractivity contribution in [3.8, 4) is 0 Å². The summed E-state index contributed by atoms with van der Waals surface area (Å²) >= 11 is 5.93. The number of amides is 2. The molecule has 0 spiro atoms. The number of likely N-dealkylation sites (tertiary alicyclic amines) is 1. The van der Waals surface area contributed by atoms with E-state index in [1.165, 1.54) is 4.90 Å². The molecule has 3 unspecified atom stereocenters. The molecule has 1 aromatic heterocycles. The summed E-state index contributed by atoms with van der Waals surface area (Å²) in [6, 6.07) is 10.2. The van der Waals surface area contributed by atoms with Gasteiger partial charge in [-0.2, -0.15) is 4.72 Å². The third-order valence-electron chi connectivity index (χ3n) is 8.11. The number of benzene rings is 2. The number of carbonyl (C=O) groups is 3. The second kappa shape index (κ2) is 17.8. The minimum Gasteiger partial charge on any atom is -0.480 e. The molecule has 19 nitrogen and oxygen atoms in total. The van der Waals surface area contributed by atoms with E-state index in [4.69, 9.17) is 21.1 Å². The Hall–Kier alpha value is -4.39. The van der Waals surface area contributed by atoms with Crippen LogP contribution in [0.5, 0.6) is 0 Å². The molecule has 2 amide bonds. The molecular formula is C32H38ClN5O14S4. The van der Waals surface area contributed by atoms with E-state index in [0.717, 1.165) is 0 Å². The number of aliphatic carboxylic acids is 1. The Bertz CT molecular complexity index is 2350. The van der Waals surface area contributed by atoms with E-state index < -0.39 is 108 Å². The molecule has 0 saturated carbocycles. The van der Waals surface area contributed by atoms with Crippen molar-refractivity contribution in [2.45, 2.75) is 50.8 Å². The molecule has 56 heavy (non-hydrogen) atoms. The molecule has 4 rings (SSSR count). The van der Waals surface area contributed by atoms with Crippen molar-refractivity contribution in [1.29, 1.82) is 0 Å². The van der Waals surface area contributed by atoms with Crippen molar-refractivity contribution < 1.29 is 62.6 Å². The Balaban J connectivity index is 1.45. The summed E-state index contributed by atoms with van der Waals surface area (Å²) in [5.74, 6) is -2.22. The Morgan fingerprint density at radius 3 is 2.09 bits per heavy atom. The van der Waals surface area contributed by atoms with Gasteiger partial charge in [0.1, 0.15) is 30.0 Å². The van der Waals surface area contributed by atoms with E-state index in [2.05, 4.69) is 15.6 Å². The molecule has 2 heterocycles. The number of rotatable bonds is 17. The number of carbonyl (C=O) groups excluding carboxylic acids is 2. The van der Waals surface area contributed by atoms with Gasteiger partial charge < -0.3 is 30.1 Å². The van der Waals surface area contributed by atoms with Crippen LogP contribution in [0.15, 0.2) is 80.4 Å². The minimum absolute atomic E-state index is 0.00229. The van der Waals surface area contributed by atoms with Crippen LogP contribution in [0.1, 0.15) is 12.0 Å². The standard InChI is InChI=1S/C32H38ClN5O14S4/c1-53(43,44)24-13-26(54(2,45)46)30(27(14-24)55(3,47)48)56(49,50)37-25(31(40)41)16-36-29(39)19-51-23-12-22(15-35-28-6-4-5-11-34-28)38(17-23)32(42)52-18-20-7-9-21(33)10-8-20/h4-11,13-14,22-23,25,37H,12,15-19H2,1-3H3,(H,34,35)(H,36,39)(H,40,41). The molecular weight excluding hydrogens is 842 g/mol. The van der Waals surface area contributed by atoms with Gasteiger partial charge in [0.15, 0.2) is 29.5 Å². The van der Waals surface area contributed by atoms with Crippen LogP contribution in [0.4, 0.5) is 10.6 Å². The van der Waals surface area contributed by atoms with E-state index in [1.807, 2.05) is 0 Å². The molecule has 3 atom stereocenters. The summed E-state index contributed by atoms with van der Waals surface area (Å²) in [7, 11) is -18.9. The predicted octanol–water partition coefficient (Wildman–Crippen LogP) is 0.702. The predicted molar refractivity (Wildman–Crippen MR) is 200 cm³/mol. The van der Waals surface area contributed by atoms with Gasteiger partial charge >= 0.3 is 12.1 Å². The average molecular weight is 880 g/mol. The first-order valence-electron chi connectivity index (χ1n) is 16.2. The maximum atomic E-state index is 13.5. The van der Waals surface area contributed by atoms with Gasteiger partial charge in [-0.1, -0.05) is 29.8 Å². The normalized spacial score (nSPS) is 16.9. The lowest BCUT2D eigenvalue weighted by molar-refractivity contribution is -0.139. The highest BCUT2D eigenvalue weighted by Crippen LogP contribution is 2.32. The third-order valence-corrected chi connectivity index (χ3v) is 13.5. The number of ether oxygens (including phenoxy) is 2. The van der Waals surface area contributed by atoms with Crippen LogP contribution in [-0.4, -0.2) is 130 Å². The van der Waals surface area contributed by atoms with Crippen LogP contribution < -0.4 is 15.4 Å². The Morgan fingerprint density at radius 2 is 1.55 bits per heavy atom. The minimum atomic E-state index is -5.37. The first-order chi connectivity index (χ1) is 26.0. The van der Waals surface area contributed by atoms with Crippen LogP contribution >= 0.6 is 11.6 Å². The number of anilines is 1. The molecule has 3 aromatic rings. The molecule has 0 bridgehead atoms. The molecule has 1 fully saturated rings. The van der Waals surface area contributed by atoms with Crippen molar-refractivity contribution in [2.75, 3.05) is 50.3 Å². The van der Waals surface area contributed by atoms with E-state index in [1.54, 1.807) is 53.4 Å². The number of aromatic nitrogens is 1. The lowest BCUT2D eigenvalue weighted by Gasteiger charge is -2.24. The van der Waals surface area contributed by atoms with Gasteiger partial charge in [0.05, 0.1) is 33.4 Å². The zero-order chi connectivity index (χ0) is 41.6. The number of nitrogens with one attached hydrogen (secondary N) is 3. The molecule has 0 radical (unpaired) electrons. The van der Waals surface area contributed by atoms with Gasteiger partial charge in [0, 0.05) is 43.1 Å². The maximum Gasteiger partial charge on any atom is 0.410 e. The summed E-state index contributed by atoms with van der Waals surface area (Å²) < 4.78 is 115. The zero-order valence-corrected chi connectivity index (χ0v) is 33.9. The fourth-order valence-electron chi connectivity index (χ4n) is 5.38. The summed E-state index contributed by atoms with van der Waals surface area (Å²) in [5.41, 5.74) is 0.688. The summed E-state index contributed by atoms with van der Waals surface area (Å²) in [6.45, 7) is -1.40. The number of nitrogens with zero attached hydrogens (tertiary/aromatic N) is 2. The highest BCUT2D eigenvalue weighted by Gasteiger charge is 2.38. The first-order valence-corrected chi connectivity index (χ1v) is 23.7. The lowest BCUT2D eigenvalue weighted by atomic mass is 10.2. The first kappa shape index (κ1) is 44.3. The van der Waals surface area contributed by atoms with E-state index in [0.29, 0.717) is 47.3 Å². The molecule has 0 aliphatic carbocycles. The highest BCUT2D eigenvalue weighted by molar-refractivity contribution is 7.95. The number of hydrogen-bond donors (Lipinski definition) is 4. The highest BCUT2D eigenvalue weighted by atomic mass is 35.5. The van der Waals surface area contributed by atoms with Crippen molar-refractivity contribution in [1.82, 2.24) is 19.9 Å². The Labute approximate surface area is 328 Å². The smallest absolute Gasteiger partial charge is 0.410 e. The number of pyridine rings is 1. The van der Waals surface area contributed by atoms with Crippen LogP contribution in [0.2, 0.25) is 5.02 Å². The summed E-state index contributed by atoms with van der Waals surface area (Å²) in [6.07, 6.45) is 2.10. The number of sulfonamides is 1. The number of carboxylic acid groups (broad SMARTS) is 1. The molecule has 306 valence electrons. The maximum absolute atomic E-state index is 13.5. The second-order valence-corrected chi connectivity index (χ2v) is 20.7. The van der Waals surface area contributed by atoms with Gasteiger partial charge in [-0.05, 0) is 48.4 Å².